The summed E-state index contributed by atoms with van der Waals surface area (Å²) in [5.74, 6) is 2.25. The molecule has 2 N–H and O–H groups in total. The SMILES string of the molecule is CCNC(=NCc1cccnc1OC1CCCC1)N1CCC(CC(=O)NC)CC1.I. The fourth-order valence-electron chi connectivity index (χ4n) is 4.11. The number of amides is 1. The zero-order chi connectivity index (χ0) is 20.5. The Balaban J connectivity index is 0.00000320. The minimum atomic E-state index is 0. The molecule has 1 saturated carbocycles. The molecule has 1 aliphatic carbocycles. The van der Waals surface area contributed by atoms with E-state index < -0.39 is 0 Å². The van der Waals surface area contributed by atoms with Crippen molar-refractivity contribution in [3.05, 3.63) is 23.9 Å². The van der Waals surface area contributed by atoms with Crippen molar-refractivity contribution in [3.8, 4) is 5.88 Å². The molecule has 1 aromatic rings. The van der Waals surface area contributed by atoms with Gasteiger partial charge in [-0.25, -0.2) is 9.98 Å². The Morgan fingerprint density at radius 2 is 2.00 bits per heavy atom. The van der Waals surface area contributed by atoms with Crippen molar-refractivity contribution in [1.82, 2.24) is 20.5 Å². The number of nitrogens with zero attached hydrogens (tertiary/aromatic N) is 3. The maximum atomic E-state index is 11.6. The number of nitrogens with one attached hydrogen (secondary N) is 2. The summed E-state index contributed by atoms with van der Waals surface area (Å²) in [7, 11) is 1.70. The lowest BCUT2D eigenvalue weighted by atomic mass is 9.93. The Hall–Kier alpha value is -1.58. The second-order valence-electron chi connectivity index (χ2n) is 7.97. The van der Waals surface area contributed by atoms with Crippen LogP contribution in [0.5, 0.6) is 5.88 Å². The number of pyridine rings is 1. The lowest BCUT2D eigenvalue weighted by Gasteiger charge is -2.34. The van der Waals surface area contributed by atoms with E-state index in [2.05, 4.69) is 33.5 Å². The van der Waals surface area contributed by atoms with Crippen LogP contribution in [0.25, 0.3) is 0 Å². The number of piperidine rings is 1. The topological polar surface area (TPSA) is 78.9 Å². The zero-order valence-electron chi connectivity index (χ0n) is 18.2. The number of aliphatic imine (C=N–C) groups is 1. The Labute approximate surface area is 197 Å². The van der Waals surface area contributed by atoms with E-state index in [4.69, 9.17) is 9.73 Å². The van der Waals surface area contributed by atoms with Crippen LogP contribution in [0.15, 0.2) is 23.3 Å². The van der Waals surface area contributed by atoms with Gasteiger partial charge < -0.3 is 20.3 Å². The van der Waals surface area contributed by atoms with Crippen LogP contribution in [0.3, 0.4) is 0 Å². The van der Waals surface area contributed by atoms with Gasteiger partial charge in [0.25, 0.3) is 0 Å². The third kappa shape index (κ3) is 7.28. The van der Waals surface area contributed by atoms with Gasteiger partial charge >= 0.3 is 0 Å². The average molecular weight is 529 g/mol. The van der Waals surface area contributed by atoms with E-state index in [9.17, 15) is 4.79 Å². The van der Waals surface area contributed by atoms with Crippen LogP contribution in [0, 0.1) is 5.92 Å². The molecule has 2 aliphatic rings. The van der Waals surface area contributed by atoms with Crippen LogP contribution in [-0.2, 0) is 11.3 Å². The van der Waals surface area contributed by atoms with Crippen molar-refractivity contribution in [2.24, 2.45) is 10.9 Å². The van der Waals surface area contributed by atoms with Crippen LogP contribution < -0.4 is 15.4 Å². The fraction of sp³-hybridized carbons (Fsp3) is 0.682. The molecule has 1 amide bonds. The molecule has 0 spiro atoms. The smallest absolute Gasteiger partial charge is 0.220 e. The maximum absolute atomic E-state index is 11.6. The van der Waals surface area contributed by atoms with Crippen LogP contribution in [0.4, 0.5) is 0 Å². The van der Waals surface area contributed by atoms with Crippen LogP contribution in [-0.4, -0.2) is 54.5 Å². The number of guanidine groups is 1. The molecule has 2 heterocycles. The van der Waals surface area contributed by atoms with Crippen molar-refractivity contribution >= 4 is 35.8 Å². The Morgan fingerprint density at radius 1 is 1.27 bits per heavy atom. The first kappa shape index (κ1) is 24.7. The van der Waals surface area contributed by atoms with Gasteiger partial charge in [0.1, 0.15) is 6.10 Å². The van der Waals surface area contributed by atoms with Crippen molar-refractivity contribution in [3.63, 3.8) is 0 Å². The summed E-state index contributed by atoms with van der Waals surface area (Å²) in [6, 6.07) is 4.00. The van der Waals surface area contributed by atoms with E-state index in [0.717, 1.165) is 62.7 Å². The van der Waals surface area contributed by atoms with Gasteiger partial charge in [0.15, 0.2) is 5.96 Å². The number of rotatable bonds is 7. The van der Waals surface area contributed by atoms with E-state index in [1.807, 2.05) is 6.07 Å². The summed E-state index contributed by atoms with van der Waals surface area (Å²) < 4.78 is 6.15. The normalized spacial score (nSPS) is 18.1. The second-order valence-corrected chi connectivity index (χ2v) is 7.97. The molecule has 8 heteroatoms. The number of ether oxygens (including phenoxy) is 1. The van der Waals surface area contributed by atoms with Gasteiger partial charge in [-0.3, -0.25) is 4.79 Å². The molecule has 0 aromatic carbocycles. The number of halogens is 1. The lowest BCUT2D eigenvalue weighted by Crippen LogP contribution is -2.46. The molecule has 7 nitrogen and oxygen atoms in total. The summed E-state index contributed by atoms with van der Waals surface area (Å²) in [6.07, 6.45) is 9.45. The summed E-state index contributed by atoms with van der Waals surface area (Å²) in [4.78, 5) is 23.3. The van der Waals surface area contributed by atoms with E-state index in [1.54, 1.807) is 13.2 Å². The third-order valence-corrected chi connectivity index (χ3v) is 5.83. The quantitative estimate of drug-likeness (QED) is 0.322. The molecule has 2 fully saturated rings. The highest BCUT2D eigenvalue weighted by Crippen LogP contribution is 2.25. The van der Waals surface area contributed by atoms with Crippen LogP contribution in [0.2, 0.25) is 0 Å². The van der Waals surface area contributed by atoms with Gasteiger partial charge in [0.2, 0.25) is 11.8 Å². The largest absolute Gasteiger partial charge is 0.474 e. The van der Waals surface area contributed by atoms with Gasteiger partial charge in [-0.1, -0.05) is 6.07 Å². The van der Waals surface area contributed by atoms with E-state index >= 15 is 0 Å². The second kappa shape index (κ2) is 13.0. The highest BCUT2D eigenvalue weighted by molar-refractivity contribution is 14.0. The minimum absolute atomic E-state index is 0. The molecule has 0 radical (unpaired) electrons. The van der Waals surface area contributed by atoms with Crippen LogP contribution in [0.1, 0.15) is 57.4 Å². The lowest BCUT2D eigenvalue weighted by molar-refractivity contribution is -0.121. The Bertz CT molecular complexity index is 686. The molecule has 1 aliphatic heterocycles. The first-order valence-corrected chi connectivity index (χ1v) is 11.0. The number of likely N-dealkylation sites (tertiary alicyclic amines) is 1. The van der Waals surface area contributed by atoms with Crippen molar-refractivity contribution in [2.45, 2.75) is 64.5 Å². The van der Waals surface area contributed by atoms with Crippen molar-refractivity contribution < 1.29 is 9.53 Å². The molecule has 1 aromatic heterocycles. The van der Waals surface area contributed by atoms with Crippen molar-refractivity contribution in [1.29, 1.82) is 0 Å². The first-order chi connectivity index (χ1) is 14.2. The Morgan fingerprint density at radius 3 is 2.67 bits per heavy atom. The number of hydrogen-bond donors (Lipinski definition) is 2. The maximum Gasteiger partial charge on any atom is 0.220 e. The summed E-state index contributed by atoms with van der Waals surface area (Å²) >= 11 is 0. The molecule has 30 heavy (non-hydrogen) atoms. The third-order valence-electron chi connectivity index (χ3n) is 5.83. The summed E-state index contributed by atoms with van der Waals surface area (Å²) in [5.41, 5.74) is 1.03. The van der Waals surface area contributed by atoms with Gasteiger partial charge in [0, 0.05) is 44.9 Å². The molecular formula is C22H36IN5O2. The molecule has 3 rings (SSSR count). The standard InChI is InChI=1S/C22H35N5O2.HI/c1-3-24-22(27-13-10-17(11-14-27)15-20(28)23-2)26-16-18-7-6-12-25-21(18)29-19-8-4-5-9-19;/h6-7,12,17,19H,3-5,8-11,13-16H2,1-2H3,(H,23,28)(H,24,26);1H. The number of carbonyl (C=O) groups excluding carboxylic acids is 1. The average Bonchev–Trinajstić information content (AvgIpc) is 3.26. The summed E-state index contributed by atoms with van der Waals surface area (Å²) in [6.45, 7) is 5.32. The number of carbonyl (C=O) groups is 1. The first-order valence-electron chi connectivity index (χ1n) is 11.0. The molecule has 168 valence electrons. The molecule has 1 saturated heterocycles. The molecular weight excluding hydrogens is 493 g/mol. The van der Waals surface area contributed by atoms with E-state index in [1.165, 1.54) is 12.8 Å². The predicted octanol–water partition coefficient (Wildman–Crippen LogP) is 3.33. The minimum Gasteiger partial charge on any atom is -0.474 e. The molecule has 0 bridgehead atoms. The van der Waals surface area contributed by atoms with E-state index in [0.29, 0.717) is 25.0 Å². The Kier molecular flexibility index (Phi) is 10.7. The van der Waals surface area contributed by atoms with Gasteiger partial charge in [-0.2, -0.15) is 0 Å². The summed E-state index contributed by atoms with van der Waals surface area (Å²) in [5, 5.41) is 6.15. The van der Waals surface area contributed by atoms with E-state index in [-0.39, 0.29) is 29.9 Å². The highest BCUT2D eigenvalue weighted by Gasteiger charge is 2.23. The van der Waals surface area contributed by atoms with Crippen molar-refractivity contribution in [2.75, 3.05) is 26.7 Å². The van der Waals surface area contributed by atoms with Gasteiger partial charge in [-0.05, 0) is 57.4 Å². The predicted molar refractivity (Wildman–Crippen MR) is 130 cm³/mol. The van der Waals surface area contributed by atoms with Gasteiger partial charge in [0.05, 0.1) is 6.54 Å². The molecule has 0 unspecified atom stereocenters. The van der Waals surface area contributed by atoms with Gasteiger partial charge in [-0.15, -0.1) is 24.0 Å². The van der Waals surface area contributed by atoms with Crippen LogP contribution >= 0.6 is 24.0 Å². The monoisotopic (exact) mass is 529 g/mol. The zero-order valence-corrected chi connectivity index (χ0v) is 20.6. The highest BCUT2D eigenvalue weighted by atomic mass is 127. The molecule has 0 atom stereocenters. The number of hydrogen-bond acceptors (Lipinski definition) is 4. The number of aromatic nitrogens is 1. The fourth-order valence-corrected chi connectivity index (χ4v) is 4.11.